The van der Waals surface area contributed by atoms with Crippen LogP contribution in [0.1, 0.15) is 13.8 Å². The highest BCUT2D eigenvalue weighted by Crippen LogP contribution is 2.31. The Hall–Kier alpha value is -1.15. The number of carboxylic acid groups (broad SMARTS) is 1. The van der Waals surface area contributed by atoms with Crippen molar-refractivity contribution in [2.24, 2.45) is 4.58 Å². The van der Waals surface area contributed by atoms with Gasteiger partial charge in [0.2, 0.25) is 0 Å². The van der Waals surface area contributed by atoms with Crippen LogP contribution in [-0.2, 0) is 4.79 Å². The van der Waals surface area contributed by atoms with Crippen molar-refractivity contribution in [2.45, 2.75) is 24.6 Å². The highest BCUT2D eigenvalue weighted by atomic mass is 32.2. The maximum Gasteiger partial charge on any atom is 0.327 e. The molecule has 0 saturated heterocycles. The molecular weight excluding hydrogens is 250 g/mol. The Morgan fingerprint density at radius 1 is 1.75 bits per heavy atom. The summed E-state index contributed by atoms with van der Waals surface area (Å²) in [6.45, 7) is 3.27. The highest BCUT2D eigenvalue weighted by Gasteiger charge is 2.37. The van der Waals surface area contributed by atoms with E-state index < -0.39 is 16.8 Å². The minimum absolute atomic E-state index is 0.506. The van der Waals surface area contributed by atoms with Gasteiger partial charge in [0.05, 0.1) is 4.75 Å². The van der Waals surface area contributed by atoms with E-state index in [-0.39, 0.29) is 0 Å². The van der Waals surface area contributed by atoms with Gasteiger partial charge in [-0.15, -0.1) is 16.2 Å². The fraction of sp³-hybridized carbons (Fsp3) is 0.500. The molecule has 1 aromatic rings. The van der Waals surface area contributed by atoms with E-state index in [1.165, 1.54) is 11.3 Å². The number of anilines is 1. The third kappa shape index (κ3) is 3.17. The van der Waals surface area contributed by atoms with Crippen LogP contribution >= 0.6 is 23.3 Å². The molecule has 16 heavy (non-hydrogen) atoms. The minimum atomic E-state index is -1.05. The van der Waals surface area contributed by atoms with Crippen molar-refractivity contribution in [2.75, 3.05) is 5.32 Å². The number of aromatic nitrogens is 1. The molecule has 0 fully saturated rings. The molecule has 0 aliphatic heterocycles. The lowest BCUT2D eigenvalue weighted by Crippen LogP contribution is -2.45. The summed E-state index contributed by atoms with van der Waals surface area (Å²) in [5.41, 5.74) is 0. The van der Waals surface area contributed by atoms with Crippen LogP contribution in [0.5, 0.6) is 0 Å². The first-order valence-corrected chi connectivity index (χ1v) is 6.02. The normalized spacial score (nSPS) is 13.1. The molecule has 1 aromatic heterocycles. The van der Waals surface area contributed by atoms with Crippen LogP contribution in [0.15, 0.2) is 16.2 Å². The maximum absolute atomic E-state index is 11.1. The molecule has 0 spiro atoms. The minimum Gasteiger partial charge on any atom is -0.480 e. The van der Waals surface area contributed by atoms with E-state index in [9.17, 15) is 9.70 Å². The molecule has 0 aromatic carbocycles. The number of carbonyl (C=O) groups is 1. The number of hydrogen-bond acceptors (Lipinski definition) is 7. The predicted molar refractivity (Wildman–Crippen MR) is 64.6 cm³/mol. The molecule has 0 aliphatic rings. The van der Waals surface area contributed by atoms with E-state index in [0.29, 0.717) is 17.1 Å². The van der Waals surface area contributed by atoms with Crippen molar-refractivity contribution < 1.29 is 9.90 Å². The third-order valence-electron chi connectivity index (χ3n) is 1.91. The Morgan fingerprint density at radius 3 is 2.88 bits per heavy atom. The lowest BCUT2D eigenvalue weighted by molar-refractivity contribution is -0.138. The molecule has 2 N–H and O–H groups in total. The van der Waals surface area contributed by atoms with Gasteiger partial charge < -0.3 is 10.4 Å². The largest absolute Gasteiger partial charge is 0.480 e. The molecular formula is C8H11N3O3S2. The lowest BCUT2D eigenvalue weighted by Gasteiger charge is -2.27. The second kappa shape index (κ2) is 5.26. The van der Waals surface area contributed by atoms with E-state index in [1.54, 1.807) is 25.4 Å². The van der Waals surface area contributed by atoms with Gasteiger partial charge in [0.15, 0.2) is 5.13 Å². The quantitative estimate of drug-likeness (QED) is 0.602. The average molecular weight is 261 g/mol. The number of aliphatic carboxylic acids is 1. The number of thiazole rings is 1. The standard InChI is InChI=1S/C8H11N3O3S2/c1-8(2,16-11-14)5(6(12)13)10-7-9-3-4-15-7/h3-5H,1-2H3,(H,9,10)(H,12,13)/t5-/m0/s1. The molecule has 0 radical (unpaired) electrons. The zero-order chi connectivity index (χ0) is 12.2. The van der Waals surface area contributed by atoms with Crippen LogP contribution in [0.25, 0.3) is 0 Å². The topological polar surface area (TPSA) is 91.7 Å². The van der Waals surface area contributed by atoms with Gasteiger partial charge in [-0.2, -0.15) is 0 Å². The van der Waals surface area contributed by atoms with E-state index in [4.69, 9.17) is 5.11 Å². The van der Waals surface area contributed by atoms with Gasteiger partial charge in [0.1, 0.15) is 6.04 Å². The van der Waals surface area contributed by atoms with Gasteiger partial charge in [0.25, 0.3) is 0 Å². The van der Waals surface area contributed by atoms with Crippen LogP contribution < -0.4 is 5.32 Å². The van der Waals surface area contributed by atoms with Crippen LogP contribution in [0.4, 0.5) is 5.13 Å². The second-order valence-electron chi connectivity index (χ2n) is 3.52. The summed E-state index contributed by atoms with van der Waals surface area (Å²) in [4.78, 5) is 25.3. The van der Waals surface area contributed by atoms with Crippen LogP contribution in [0.3, 0.4) is 0 Å². The lowest BCUT2D eigenvalue weighted by atomic mass is 10.0. The van der Waals surface area contributed by atoms with Gasteiger partial charge in [-0.05, 0) is 13.8 Å². The van der Waals surface area contributed by atoms with E-state index >= 15 is 0 Å². The Labute approximate surface area is 101 Å². The van der Waals surface area contributed by atoms with E-state index in [2.05, 4.69) is 14.9 Å². The van der Waals surface area contributed by atoms with Gasteiger partial charge in [0, 0.05) is 28.1 Å². The van der Waals surface area contributed by atoms with Crippen LogP contribution in [0.2, 0.25) is 0 Å². The number of nitrogens with zero attached hydrogens (tertiary/aromatic N) is 2. The first-order chi connectivity index (χ1) is 7.47. The SMILES string of the molecule is CC(C)(SN=O)[C@@H](Nc1nccs1)C(=O)O. The summed E-state index contributed by atoms with van der Waals surface area (Å²) in [6.07, 6.45) is 1.57. The molecule has 8 heteroatoms. The molecule has 0 saturated carbocycles. The predicted octanol–water partition coefficient (Wildman–Crippen LogP) is 2.20. The Balaban J connectivity index is 2.82. The van der Waals surface area contributed by atoms with Crippen molar-refractivity contribution >= 4 is 34.4 Å². The number of nitrogens with one attached hydrogen (secondary N) is 1. The second-order valence-corrected chi connectivity index (χ2v) is 5.80. The molecule has 1 atom stereocenters. The molecule has 0 unspecified atom stereocenters. The molecule has 0 amide bonds. The molecule has 0 aliphatic carbocycles. The summed E-state index contributed by atoms with van der Waals surface area (Å²) < 4.78 is 1.84. The highest BCUT2D eigenvalue weighted by molar-refractivity contribution is 7.99. The molecule has 0 bridgehead atoms. The molecule has 6 nitrogen and oxygen atoms in total. The van der Waals surface area contributed by atoms with Gasteiger partial charge >= 0.3 is 5.97 Å². The number of hydrogen-bond donors (Lipinski definition) is 2. The number of rotatable bonds is 6. The average Bonchev–Trinajstić information content (AvgIpc) is 2.65. The zero-order valence-electron chi connectivity index (χ0n) is 8.71. The molecule has 88 valence electrons. The van der Waals surface area contributed by atoms with E-state index in [1.807, 2.05) is 0 Å². The van der Waals surface area contributed by atoms with Crippen molar-refractivity contribution in [1.82, 2.24) is 4.98 Å². The monoisotopic (exact) mass is 261 g/mol. The zero-order valence-corrected chi connectivity index (χ0v) is 10.3. The van der Waals surface area contributed by atoms with Crippen molar-refractivity contribution in [3.05, 3.63) is 16.5 Å². The summed E-state index contributed by atoms with van der Waals surface area (Å²) in [6, 6.07) is -0.929. The first-order valence-electron chi connectivity index (χ1n) is 4.37. The van der Waals surface area contributed by atoms with Gasteiger partial charge in [-0.25, -0.2) is 9.78 Å². The fourth-order valence-corrected chi connectivity index (χ4v) is 2.12. The molecule has 1 heterocycles. The van der Waals surface area contributed by atoms with Crippen LogP contribution in [-0.4, -0.2) is 26.8 Å². The summed E-state index contributed by atoms with van der Waals surface area (Å²) in [7, 11) is 0. The summed E-state index contributed by atoms with van der Waals surface area (Å²) in [5.74, 6) is -1.05. The first kappa shape index (κ1) is 12.9. The molecule has 1 rings (SSSR count). The Bertz CT molecular complexity index is 367. The van der Waals surface area contributed by atoms with E-state index in [0.717, 1.165) is 0 Å². The van der Waals surface area contributed by atoms with Crippen molar-refractivity contribution in [1.29, 1.82) is 0 Å². The Morgan fingerprint density at radius 2 is 2.44 bits per heavy atom. The van der Waals surface area contributed by atoms with Gasteiger partial charge in [-0.1, -0.05) is 0 Å². The van der Waals surface area contributed by atoms with Crippen molar-refractivity contribution in [3.63, 3.8) is 0 Å². The summed E-state index contributed by atoms with van der Waals surface area (Å²) >= 11 is 1.99. The summed E-state index contributed by atoms with van der Waals surface area (Å²) in [5, 5.41) is 14.1. The number of nitroso groups, excluding NO2 is 1. The third-order valence-corrected chi connectivity index (χ3v) is 3.40. The van der Waals surface area contributed by atoms with Crippen LogP contribution in [0, 0.1) is 4.91 Å². The number of carboxylic acids is 1. The smallest absolute Gasteiger partial charge is 0.327 e. The fourth-order valence-electron chi connectivity index (χ4n) is 1.10. The Kier molecular flexibility index (Phi) is 4.25. The van der Waals surface area contributed by atoms with Crippen molar-refractivity contribution in [3.8, 4) is 0 Å². The van der Waals surface area contributed by atoms with Gasteiger partial charge in [-0.3, -0.25) is 0 Å². The maximum atomic E-state index is 11.1.